The highest BCUT2D eigenvalue weighted by molar-refractivity contribution is 14.0. The van der Waals surface area contributed by atoms with Crippen LogP contribution in [0.15, 0.2) is 29.5 Å². The predicted octanol–water partition coefficient (Wildman–Crippen LogP) is 1.39. The van der Waals surface area contributed by atoms with E-state index in [0.29, 0.717) is 26.1 Å². The van der Waals surface area contributed by atoms with E-state index in [-0.39, 0.29) is 65.5 Å². The second-order valence-corrected chi connectivity index (χ2v) is 9.25. The van der Waals surface area contributed by atoms with Crippen LogP contribution in [-0.2, 0) is 16.6 Å². The molecule has 33 heavy (non-hydrogen) atoms. The first kappa shape index (κ1) is 25.7. The summed E-state index contributed by atoms with van der Waals surface area (Å²) in [5, 5.41) is 10.9. The van der Waals surface area contributed by atoms with Crippen LogP contribution in [0.4, 0.5) is 0 Å². The molecule has 0 spiro atoms. The number of carbonyl (C=O) groups is 2. The van der Waals surface area contributed by atoms with E-state index in [4.69, 9.17) is 4.99 Å². The number of carbonyl (C=O) groups excluding carboxylic acids is 2. The van der Waals surface area contributed by atoms with Gasteiger partial charge in [0.05, 0.1) is 30.6 Å². The lowest BCUT2D eigenvalue weighted by atomic mass is 9.85. The lowest BCUT2D eigenvalue weighted by molar-refractivity contribution is -0.140. The van der Waals surface area contributed by atoms with Gasteiger partial charge < -0.3 is 15.5 Å². The van der Waals surface area contributed by atoms with Gasteiger partial charge in [0.2, 0.25) is 11.8 Å². The maximum Gasteiger partial charge on any atom is 0.233 e. The summed E-state index contributed by atoms with van der Waals surface area (Å²) < 4.78 is 1.80. The second-order valence-electron chi connectivity index (χ2n) is 9.25. The van der Waals surface area contributed by atoms with E-state index < -0.39 is 0 Å². The van der Waals surface area contributed by atoms with Gasteiger partial charge in [-0.25, -0.2) is 0 Å². The quantitative estimate of drug-likeness (QED) is 0.117. The van der Waals surface area contributed by atoms with Gasteiger partial charge in [0, 0.05) is 38.4 Å². The van der Waals surface area contributed by atoms with Gasteiger partial charge in [-0.2, -0.15) is 5.10 Å². The molecule has 2 aliphatic carbocycles. The number of nitrogens with zero attached hydrogens (tertiary/aromatic N) is 5. The van der Waals surface area contributed by atoms with Crippen molar-refractivity contribution in [1.29, 1.82) is 0 Å². The molecule has 2 fully saturated rings. The Morgan fingerprint density at radius 1 is 1.21 bits per heavy atom. The Morgan fingerprint density at radius 3 is 2.42 bits per heavy atom. The van der Waals surface area contributed by atoms with Crippen molar-refractivity contribution in [3.8, 4) is 0 Å². The zero-order valence-corrected chi connectivity index (χ0v) is 22.2. The molecular weight excluding hydrogens is 533 g/mol. The molecule has 0 radical (unpaired) electrons. The summed E-state index contributed by atoms with van der Waals surface area (Å²) in [6, 6.07) is 0.127. The van der Waals surface area contributed by atoms with Gasteiger partial charge in [-0.05, 0) is 45.7 Å². The first-order chi connectivity index (χ1) is 15.4. The van der Waals surface area contributed by atoms with Gasteiger partial charge in [0.15, 0.2) is 5.96 Å². The molecule has 0 aromatic carbocycles. The van der Waals surface area contributed by atoms with Crippen LogP contribution in [-0.4, -0.2) is 77.6 Å². The lowest BCUT2D eigenvalue weighted by Crippen LogP contribution is -2.40. The zero-order valence-electron chi connectivity index (χ0n) is 19.9. The number of aliphatic imine (C=N–C) groups is 1. The first-order valence-corrected chi connectivity index (χ1v) is 11.6. The second kappa shape index (κ2) is 11.0. The molecule has 1 saturated carbocycles. The Balaban J connectivity index is 0.00000306. The highest BCUT2D eigenvalue weighted by Gasteiger charge is 2.58. The number of hydrogen-bond donors (Lipinski definition) is 2. The van der Waals surface area contributed by atoms with Crippen LogP contribution in [0.1, 0.15) is 31.4 Å². The largest absolute Gasteiger partial charge is 0.357 e. The number of hydrogen-bond acceptors (Lipinski definition) is 5. The fraction of sp³-hybridized carbons (Fsp3) is 0.652. The smallest absolute Gasteiger partial charge is 0.233 e. The summed E-state index contributed by atoms with van der Waals surface area (Å²) in [6.07, 6.45) is 9.83. The van der Waals surface area contributed by atoms with Crippen molar-refractivity contribution in [3.63, 3.8) is 0 Å². The summed E-state index contributed by atoms with van der Waals surface area (Å²) in [4.78, 5) is 34.0. The van der Waals surface area contributed by atoms with E-state index in [9.17, 15) is 9.59 Å². The summed E-state index contributed by atoms with van der Waals surface area (Å²) >= 11 is 0. The summed E-state index contributed by atoms with van der Waals surface area (Å²) in [5.74, 6) is 1.11. The molecule has 2 N–H and O–H groups in total. The third kappa shape index (κ3) is 5.26. The average Bonchev–Trinajstić information content (AvgIpc) is 3.52. The van der Waals surface area contributed by atoms with Crippen LogP contribution < -0.4 is 10.6 Å². The predicted molar refractivity (Wildman–Crippen MR) is 138 cm³/mol. The van der Waals surface area contributed by atoms with Crippen molar-refractivity contribution in [1.82, 2.24) is 30.2 Å². The number of likely N-dealkylation sites (tertiary alicyclic amines) is 1. The molecule has 4 rings (SSSR count). The molecule has 9 nitrogen and oxygen atoms in total. The minimum atomic E-state index is -0.111. The van der Waals surface area contributed by atoms with E-state index in [1.165, 1.54) is 4.90 Å². The Labute approximate surface area is 213 Å². The SMILES string of the molecule is CCNC(=NCC(c1cnn(C)c1)N(C)C)NCCCN1C(=O)C2C3C=CC(C3)C2C1=O.I. The number of halogens is 1. The molecule has 2 heterocycles. The topological polar surface area (TPSA) is 94.9 Å². The molecule has 2 bridgehead atoms. The highest BCUT2D eigenvalue weighted by Crippen LogP contribution is 2.52. The number of aryl methyl sites for hydroxylation is 1. The van der Waals surface area contributed by atoms with Gasteiger partial charge in [-0.3, -0.25) is 24.2 Å². The van der Waals surface area contributed by atoms with Crippen molar-refractivity contribution in [2.45, 2.75) is 25.8 Å². The Kier molecular flexibility index (Phi) is 8.54. The number of guanidine groups is 1. The number of fused-ring (bicyclic) bond motifs is 5. The van der Waals surface area contributed by atoms with Gasteiger partial charge in [0.25, 0.3) is 0 Å². The minimum Gasteiger partial charge on any atom is -0.357 e. The standard InChI is InChI=1S/C23H35N7O2.HI/c1-5-24-23(26-13-18(28(2)3)17-12-27-29(4)14-17)25-9-6-10-30-21(31)19-15-7-8-16(11-15)20(19)22(30)32;/h7-8,12,14-16,18-20H,5-6,9-11,13H2,1-4H3,(H2,24,25,26);1H. The van der Waals surface area contributed by atoms with E-state index in [1.807, 2.05) is 40.5 Å². The van der Waals surface area contributed by atoms with Crippen molar-refractivity contribution < 1.29 is 9.59 Å². The average molecular weight is 569 g/mol. The molecule has 3 aliphatic rings. The lowest BCUT2D eigenvalue weighted by Gasteiger charge is -2.22. The van der Waals surface area contributed by atoms with Crippen molar-refractivity contribution in [3.05, 3.63) is 30.1 Å². The van der Waals surface area contributed by atoms with Gasteiger partial charge >= 0.3 is 0 Å². The number of aromatic nitrogens is 2. The van der Waals surface area contributed by atoms with Gasteiger partial charge in [-0.15, -0.1) is 24.0 Å². The number of likely N-dealkylation sites (N-methyl/N-ethyl adjacent to an activating group) is 1. The van der Waals surface area contributed by atoms with E-state index in [1.54, 1.807) is 4.68 Å². The maximum absolute atomic E-state index is 12.8. The van der Waals surface area contributed by atoms with E-state index >= 15 is 0 Å². The number of amides is 2. The van der Waals surface area contributed by atoms with Crippen LogP contribution >= 0.6 is 24.0 Å². The Morgan fingerprint density at radius 2 is 1.88 bits per heavy atom. The van der Waals surface area contributed by atoms with Crippen LogP contribution in [0.25, 0.3) is 0 Å². The van der Waals surface area contributed by atoms with Crippen molar-refractivity contribution in [2.24, 2.45) is 35.7 Å². The number of rotatable bonds is 9. The summed E-state index contributed by atoms with van der Waals surface area (Å²) in [5.41, 5.74) is 1.12. The van der Waals surface area contributed by atoms with Gasteiger partial charge in [0.1, 0.15) is 0 Å². The maximum atomic E-state index is 12.8. The molecular formula is C23H36IN7O2. The van der Waals surface area contributed by atoms with Crippen LogP contribution in [0.5, 0.6) is 0 Å². The summed E-state index contributed by atoms with van der Waals surface area (Å²) in [7, 11) is 5.98. The molecule has 1 saturated heterocycles. The molecule has 1 aromatic heterocycles. The molecule has 2 amide bonds. The number of imide groups is 1. The molecule has 1 aliphatic heterocycles. The summed E-state index contributed by atoms with van der Waals surface area (Å²) in [6.45, 7) is 4.49. The van der Waals surface area contributed by atoms with Crippen LogP contribution in [0, 0.1) is 23.7 Å². The molecule has 5 atom stereocenters. The molecule has 182 valence electrons. The monoisotopic (exact) mass is 569 g/mol. The highest BCUT2D eigenvalue weighted by atomic mass is 127. The third-order valence-corrected chi connectivity index (χ3v) is 6.91. The Bertz CT molecular complexity index is 882. The van der Waals surface area contributed by atoms with E-state index in [2.05, 4.69) is 32.8 Å². The van der Waals surface area contributed by atoms with Crippen LogP contribution in [0.2, 0.25) is 0 Å². The van der Waals surface area contributed by atoms with Crippen molar-refractivity contribution >= 4 is 41.8 Å². The van der Waals surface area contributed by atoms with Gasteiger partial charge in [-0.1, -0.05) is 12.2 Å². The van der Waals surface area contributed by atoms with Crippen molar-refractivity contribution in [2.75, 3.05) is 40.3 Å². The fourth-order valence-corrected chi connectivity index (χ4v) is 5.33. The first-order valence-electron chi connectivity index (χ1n) is 11.6. The normalized spacial score (nSPS) is 26.7. The minimum absolute atomic E-state index is 0. The third-order valence-electron chi connectivity index (χ3n) is 6.91. The number of nitrogens with one attached hydrogen (secondary N) is 2. The molecule has 5 unspecified atom stereocenters. The fourth-order valence-electron chi connectivity index (χ4n) is 5.33. The zero-order chi connectivity index (χ0) is 22.8. The number of allylic oxidation sites excluding steroid dienone is 2. The Hall–Kier alpha value is -1.95. The van der Waals surface area contributed by atoms with Crippen LogP contribution in [0.3, 0.4) is 0 Å². The molecule has 1 aromatic rings. The molecule has 10 heteroatoms. The van der Waals surface area contributed by atoms with E-state index in [0.717, 1.165) is 24.5 Å².